The maximum atomic E-state index is 13.0. The molecule has 0 saturated carbocycles. The van der Waals surface area contributed by atoms with Crippen LogP contribution in [0.4, 0.5) is 8.78 Å². The van der Waals surface area contributed by atoms with Crippen LogP contribution in [0.5, 0.6) is 0 Å². The molecule has 0 atom stereocenters. The molecule has 8 heteroatoms. The maximum absolute atomic E-state index is 13.0. The second kappa shape index (κ2) is 6.40. The fourth-order valence-corrected chi connectivity index (χ4v) is 2.36. The van der Waals surface area contributed by atoms with Crippen LogP contribution in [-0.4, -0.2) is 40.9 Å². The summed E-state index contributed by atoms with van der Waals surface area (Å²) in [5.74, 6) is -1.39. The van der Waals surface area contributed by atoms with E-state index in [0.29, 0.717) is 32.7 Å². The number of hydrogen-bond donors (Lipinski definition) is 1. The lowest BCUT2D eigenvalue weighted by Crippen LogP contribution is -2.38. The molecule has 1 saturated heterocycles. The average molecular weight is 302 g/mol. The number of alkyl halides is 2. The van der Waals surface area contributed by atoms with Crippen LogP contribution in [0.25, 0.3) is 0 Å². The smallest absolute Gasteiger partial charge is 0.339 e. The van der Waals surface area contributed by atoms with E-state index in [-0.39, 0.29) is 5.82 Å². The van der Waals surface area contributed by atoms with Gasteiger partial charge in [-0.25, -0.2) is 23.5 Å². The van der Waals surface area contributed by atoms with Gasteiger partial charge in [0.15, 0.2) is 5.82 Å². The van der Waals surface area contributed by atoms with E-state index in [0.717, 1.165) is 6.20 Å². The summed E-state index contributed by atoms with van der Waals surface area (Å²) in [5, 5.41) is 8.92. The van der Waals surface area contributed by atoms with Crippen LogP contribution >= 0.6 is 0 Å². The largest absolute Gasteiger partial charge is 0.478 e. The van der Waals surface area contributed by atoms with Gasteiger partial charge < -0.3 is 14.6 Å². The van der Waals surface area contributed by atoms with Crippen LogP contribution < -0.4 is 0 Å². The van der Waals surface area contributed by atoms with Crippen molar-refractivity contribution in [2.45, 2.75) is 31.8 Å². The van der Waals surface area contributed by atoms with Crippen molar-refractivity contribution in [2.24, 2.45) is 0 Å². The second-order valence-corrected chi connectivity index (χ2v) is 4.64. The predicted octanol–water partition coefficient (Wildman–Crippen LogP) is 2.15. The zero-order valence-corrected chi connectivity index (χ0v) is 11.5. The lowest BCUT2D eigenvalue weighted by atomic mass is 9.92. The van der Waals surface area contributed by atoms with Gasteiger partial charge in [0.2, 0.25) is 0 Å². The van der Waals surface area contributed by atoms with Crippen molar-refractivity contribution in [3.8, 4) is 0 Å². The molecular formula is C13H16F2N2O4. The van der Waals surface area contributed by atoms with Gasteiger partial charge in [-0.1, -0.05) is 0 Å². The number of halogens is 2. The standard InChI is InChI=1S/C13H16F2N2O4/c1-2-21-13(3-5-20-6-4-13)12-16-7-8(11(18)19)9(17-12)10(14)15/h7,10H,2-6H2,1H3,(H,18,19). The second-order valence-electron chi connectivity index (χ2n) is 4.64. The van der Waals surface area contributed by atoms with Crippen molar-refractivity contribution in [2.75, 3.05) is 19.8 Å². The third kappa shape index (κ3) is 3.16. The average Bonchev–Trinajstić information content (AvgIpc) is 2.47. The van der Waals surface area contributed by atoms with Gasteiger partial charge in [0.25, 0.3) is 6.43 Å². The molecule has 0 aromatic carbocycles. The van der Waals surface area contributed by atoms with Gasteiger partial charge in [-0.2, -0.15) is 0 Å². The Bertz CT molecular complexity index is 513. The lowest BCUT2D eigenvalue weighted by molar-refractivity contribution is -0.118. The Labute approximate surface area is 120 Å². The molecule has 0 spiro atoms. The highest BCUT2D eigenvalue weighted by atomic mass is 19.3. The number of carboxylic acids is 1. The Morgan fingerprint density at radius 1 is 1.52 bits per heavy atom. The van der Waals surface area contributed by atoms with Gasteiger partial charge in [0.1, 0.15) is 16.9 Å². The van der Waals surface area contributed by atoms with Crippen LogP contribution in [0.2, 0.25) is 0 Å². The first kappa shape index (κ1) is 15.7. The minimum Gasteiger partial charge on any atom is -0.478 e. The van der Waals surface area contributed by atoms with Crippen molar-refractivity contribution in [3.05, 3.63) is 23.3 Å². The molecule has 0 unspecified atom stereocenters. The molecular weight excluding hydrogens is 286 g/mol. The van der Waals surface area contributed by atoms with Crippen molar-refractivity contribution in [3.63, 3.8) is 0 Å². The summed E-state index contributed by atoms with van der Waals surface area (Å²) in [6.07, 6.45) is -1.19. The Morgan fingerprint density at radius 3 is 2.71 bits per heavy atom. The van der Waals surface area contributed by atoms with Crippen molar-refractivity contribution < 1.29 is 28.2 Å². The van der Waals surface area contributed by atoms with Crippen LogP contribution in [0.1, 0.15) is 48.1 Å². The van der Waals surface area contributed by atoms with E-state index < -0.39 is 29.3 Å². The summed E-state index contributed by atoms with van der Waals surface area (Å²) in [5.41, 5.74) is -2.27. The minimum atomic E-state index is -2.99. The summed E-state index contributed by atoms with van der Waals surface area (Å²) in [7, 11) is 0. The van der Waals surface area contributed by atoms with Crippen molar-refractivity contribution >= 4 is 5.97 Å². The molecule has 1 aromatic heterocycles. The highest BCUT2D eigenvalue weighted by molar-refractivity contribution is 5.88. The van der Waals surface area contributed by atoms with Gasteiger partial charge in [0, 0.05) is 38.9 Å². The van der Waals surface area contributed by atoms with Gasteiger partial charge in [-0.15, -0.1) is 0 Å². The first-order chi connectivity index (χ1) is 10.00. The fourth-order valence-electron chi connectivity index (χ4n) is 2.36. The SMILES string of the molecule is CCOC1(c2ncc(C(=O)O)c(C(F)F)n2)CCOCC1. The van der Waals surface area contributed by atoms with E-state index >= 15 is 0 Å². The molecule has 1 fully saturated rings. The van der Waals surface area contributed by atoms with Crippen LogP contribution in [0.15, 0.2) is 6.20 Å². The summed E-state index contributed by atoms with van der Waals surface area (Å²) >= 11 is 0. The van der Waals surface area contributed by atoms with Crippen LogP contribution in [0.3, 0.4) is 0 Å². The fraction of sp³-hybridized carbons (Fsp3) is 0.615. The number of rotatable bonds is 5. The van der Waals surface area contributed by atoms with Crippen LogP contribution in [-0.2, 0) is 15.1 Å². The molecule has 0 aliphatic carbocycles. The molecule has 1 N–H and O–H groups in total. The number of carbonyl (C=O) groups is 1. The zero-order chi connectivity index (χ0) is 15.5. The quantitative estimate of drug-likeness (QED) is 0.897. The van der Waals surface area contributed by atoms with E-state index in [1.54, 1.807) is 6.92 Å². The molecule has 0 amide bonds. The monoisotopic (exact) mass is 302 g/mol. The molecule has 116 valence electrons. The normalized spacial score (nSPS) is 17.9. The van der Waals surface area contributed by atoms with E-state index in [2.05, 4.69) is 9.97 Å². The Kier molecular flexibility index (Phi) is 4.79. The van der Waals surface area contributed by atoms with E-state index in [4.69, 9.17) is 14.6 Å². The van der Waals surface area contributed by atoms with E-state index in [1.807, 2.05) is 0 Å². The van der Waals surface area contributed by atoms with Gasteiger partial charge >= 0.3 is 5.97 Å². The summed E-state index contributed by atoms with van der Waals surface area (Å²) in [4.78, 5) is 18.7. The summed E-state index contributed by atoms with van der Waals surface area (Å²) in [6, 6.07) is 0. The highest BCUT2D eigenvalue weighted by Gasteiger charge is 2.39. The zero-order valence-electron chi connectivity index (χ0n) is 11.5. The van der Waals surface area contributed by atoms with E-state index in [9.17, 15) is 13.6 Å². The number of hydrogen-bond acceptors (Lipinski definition) is 5. The molecule has 1 aliphatic heterocycles. The molecule has 6 nitrogen and oxygen atoms in total. The van der Waals surface area contributed by atoms with Crippen molar-refractivity contribution in [1.29, 1.82) is 0 Å². The first-order valence-corrected chi connectivity index (χ1v) is 6.60. The third-order valence-electron chi connectivity index (χ3n) is 3.38. The van der Waals surface area contributed by atoms with Gasteiger partial charge in [-0.05, 0) is 6.92 Å². The lowest BCUT2D eigenvalue weighted by Gasteiger charge is -2.35. The number of aromatic nitrogens is 2. The number of nitrogens with zero attached hydrogens (tertiary/aromatic N) is 2. The minimum absolute atomic E-state index is 0.0907. The summed E-state index contributed by atoms with van der Waals surface area (Å²) < 4.78 is 37.0. The van der Waals surface area contributed by atoms with Gasteiger partial charge in [0.05, 0.1) is 0 Å². The summed E-state index contributed by atoms with van der Waals surface area (Å²) in [6.45, 7) is 2.98. The predicted molar refractivity (Wildman–Crippen MR) is 67.3 cm³/mol. The Hall–Kier alpha value is -1.67. The molecule has 1 aliphatic rings. The van der Waals surface area contributed by atoms with Crippen LogP contribution in [0, 0.1) is 0 Å². The number of aromatic carboxylic acids is 1. The Morgan fingerprint density at radius 2 is 2.19 bits per heavy atom. The topological polar surface area (TPSA) is 81.5 Å². The maximum Gasteiger partial charge on any atom is 0.339 e. The van der Waals surface area contributed by atoms with Crippen molar-refractivity contribution in [1.82, 2.24) is 9.97 Å². The number of ether oxygens (including phenoxy) is 2. The molecule has 1 aromatic rings. The van der Waals surface area contributed by atoms with E-state index in [1.165, 1.54) is 0 Å². The third-order valence-corrected chi connectivity index (χ3v) is 3.38. The molecule has 0 radical (unpaired) electrons. The molecule has 2 heterocycles. The highest BCUT2D eigenvalue weighted by Crippen LogP contribution is 2.35. The first-order valence-electron chi connectivity index (χ1n) is 6.60. The number of carboxylic acid groups (broad SMARTS) is 1. The molecule has 0 bridgehead atoms. The van der Waals surface area contributed by atoms with Gasteiger partial charge in [-0.3, -0.25) is 0 Å². The molecule has 21 heavy (non-hydrogen) atoms. The molecule has 2 rings (SSSR count). The Balaban J connectivity index is 2.46.